The minimum absolute atomic E-state index is 0.0428. The van der Waals surface area contributed by atoms with Crippen LogP contribution >= 0.6 is 11.6 Å². The molecular weight excluding hydrogens is 260 g/mol. The maximum absolute atomic E-state index is 10.9. The minimum atomic E-state index is -0.485. The van der Waals surface area contributed by atoms with E-state index in [4.69, 9.17) is 16.7 Å². The molecule has 0 bridgehead atoms. The van der Waals surface area contributed by atoms with Gasteiger partial charge in [-0.3, -0.25) is 10.1 Å². The highest BCUT2D eigenvalue weighted by molar-refractivity contribution is 6.30. The molecule has 0 spiro atoms. The van der Waals surface area contributed by atoms with Gasteiger partial charge in [-0.05, 0) is 12.1 Å². The van der Waals surface area contributed by atoms with Crippen LogP contribution in [0.3, 0.4) is 0 Å². The Bertz CT molecular complexity index is 584. The molecule has 1 N–H and O–H groups in total. The van der Waals surface area contributed by atoms with Crippen molar-refractivity contribution < 1.29 is 10.0 Å². The number of hydrogen-bond acceptors (Lipinski definition) is 5. The number of aliphatic hydroxyl groups is 1. The van der Waals surface area contributed by atoms with Crippen molar-refractivity contribution in [3.05, 3.63) is 51.1 Å². The van der Waals surface area contributed by atoms with Gasteiger partial charge in [-0.25, -0.2) is 9.67 Å². The van der Waals surface area contributed by atoms with Gasteiger partial charge in [0.05, 0.1) is 17.0 Å². The van der Waals surface area contributed by atoms with E-state index in [9.17, 15) is 10.1 Å². The van der Waals surface area contributed by atoms with Crippen molar-refractivity contribution in [2.75, 3.05) is 0 Å². The second-order valence-corrected chi connectivity index (χ2v) is 3.96. The number of aliphatic hydroxyl groups excluding tert-OH is 1. The maximum atomic E-state index is 10.9. The summed E-state index contributed by atoms with van der Waals surface area (Å²) >= 11 is 5.82. The van der Waals surface area contributed by atoms with Crippen LogP contribution in [0.4, 0.5) is 5.69 Å². The molecule has 0 unspecified atom stereocenters. The van der Waals surface area contributed by atoms with Crippen LogP contribution < -0.4 is 0 Å². The highest BCUT2D eigenvalue weighted by atomic mass is 35.5. The third-order valence-electron chi connectivity index (χ3n) is 2.40. The molecule has 0 saturated heterocycles. The first kappa shape index (κ1) is 12.5. The molecule has 0 aliphatic heterocycles. The molecule has 0 aliphatic rings. The first-order valence-electron chi connectivity index (χ1n) is 5.02. The Morgan fingerprint density at radius 2 is 2.28 bits per heavy atom. The van der Waals surface area contributed by atoms with E-state index < -0.39 is 4.92 Å². The lowest BCUT2D eigenvalue weighted by Crippen LogP contribution is -2.08. The van der Waals surface area contributed by atoms with E-state index in [1.54, 1.807) is 0 Å². The SMILES string of the molecule is O=[N+]([O-])c1ccc(Cl)cc1Cn1ncnc1CO. The first-order chi connectivity index (χ1) is 8.61. The average molecular weight is 269 g/mol. The molecule has 0 atom stereocenters. The Hall–Kier alpha value is -1.99. The summed E-state index contributed by atoms with van der Waals surface area (Å²) in [4.78, 5) is 14.2. The maximum Gasteiger partial charge on any atom is 0.274 e. The van der Waals surface area contributed by atoms with Gasteiger partial charge < -0.3 is 5.11 Å². The molecule has 8 heteroatoms. The summed E-state index contributed by atoms with van der Waals surface area (Å²) in [6, 6.07) is 4.30. The lowest BCUT2D eigenvalue weighted by atomic mass is 10.2. The molecule has 1 heterocycles. The fourth-order valence-electron chi connectivity index (χ4n) is 1.56. The van der Waals surface area contributed by atoms with Crippen molar-refractivity contribution in [2.24, 2.45) is 0 Å². The minimum Gasteiger partial charge on any atom is -0.388 e. The zero-order chi connectivity index (χ0) is 13.1. The Kier molecular flexibility index (Phi) is 3.54. The molecular formula is C10H9ClN4O3. The topological polar surface area (TPSA) is 94.1 Å². The van der Waals surface area contributed by atoms with E-state index >= 15 is 0 Å². The Balaban J connectivity index is 2.39. The zero-order valence-corrected chi connectivity index (χ0v) is 9.91. The number of nitro benzene ring substituents is 1. The standard InChI is InChI=1S/C10H9ClN4O3/c11-8-1-2-9(15(17)18)7(3-8)4-14-10(5-16)12-6-13-14/h1-3,6,16H,4-5H2. The fourth-order valence-corrected chi connectivity index (χ4v) is 1.76. The lowest BCUT2D eigenvalue weighted by Gasteiger charge is -2.05. The first-order valence-corrected chi connectivity index (χ1v) is 5.40. The molecule has 18 heavy (non-hydrogen) atoms. The molecule has 1 aromatic carbocycles. The van der Waals surface area contributed by atoms with Gasteiger partial charge in [-0.15, -0.1) is 0 Å². The number of aromatic nitrogens is 3. The van der Waals surface area contributed by atoms with Crippen LogP contribution in [0.25, 0.3) is 0 Å². The Morgan fingerprint density at radius 3 is 2.94 bits per heavy atom. The summed E-state index contributed by atoms with van der Waals surface area (Å²) in [7, 11) is 0. The summed E-state index contributed by atoms with van der Waals surface area (Å²) in [5.41, 5.74) is 0.367. The summed E-state index contributed by atoms with van der Waals surface area (Å²) in [6.07, 6.45) is 1.28. The predicted octanol–water partition coefficient (Wildman–Crippen LogP) is 1.38. The zero-order valence-electron chi connectivity index (χ0n) is 9.15. The van der Waals surface area contributed by atoms with Crippen LogP contribution in [0.15, 0.2) is 24.5 Å². The molecule has 0 aliphatic carbocycles. The highest BCUT2D eigenvalue weighted by Gasteiger charge is 2.15. The molecule has 7 nitrogen and oxygen atoms in total. The number of rotatable bonds is 4. The van der Waals surface area contributed by atoms with Gasteiger partial charge in [-0.1, -0.05) is 11.6 Å². The van der Waals surface area contributed by atoms with E-state index in [-0.39, 0.29) is 18.8 Å². The lowest BCUT2D eigenvalue weighted by molar-refractivity contribution is -0.385. The third kappa shape index (κ3) is 2.47. The van der Waals surface area contributed by atoms with E-state index in [0.717, 1.165) is 0 Å². The van der Waals surface area contributed by atoms with Gasteiger partial charge in [-0.2, -0.15) is 5.10 Å². The predicted molar refractivity (Wildman–Crippen MR) is 63.2 cm³/mol. The van der Waals surface area contributed by atoms with Gasteiger partial charge in [0, 0.05) is 11.1 Å². The van der Waals surface area contributed by atoms with Gasteiger partial charge in [0.25, 0.3) is 5.69 Å². The van der Waals surface area contributed by atoms with Crippen molar-refractivity contribution >= 4 is 17.3 Å². The fraction of sp³-hybridized carbons (Fsp3) is 0.200. The van der Waals surface area contributed by atoms with Gasteiger partial charge in [0.15, 0.2) is 5.82 Å². The average Bonchev–Trinajstić information content (AvgIpc) is 2.76. The summed E-state index contributed by atoms with van der Waals surface area (Å²) in [5.74, 6) is 0.337. The molecule has 2 aromatic rings. The van der Waals surface area contributed by atoms with Crippen LogP contribution in [0, 0.1) is 10.1 Å². The third-order valence-corrected chi connectivity index (χ3v) is 2.63. The van der Waals surface area contributed by atoms with Crippen molar-refractivity contribution in [2.45, 2.75) is 13.2 Å². The smallest absolute Gasteiger partial charge is 0.274 e. The largest absolute Gasteiger partial charge is 0.388 e. The summed E-state index contributed by atoms with van der Waals surface area (Å²) in [5, 5.41) is 24.2. The monoisotopic (exact) mass is 268 g/mol. The van der Waals surface area contributed by atoms with E-state index in [1.807, 2.05) is 0 Å². The highest BCUT2D eigenvalue weighted by Crippen LogP contribution is 2.23. The summed E-state index contributed by atoms with van der Waals surface area (Å²) in [6.45, 7) is -0.152. The van der Waals surface area contributed by atoms with Crippen LogP contribution in [-0.4, -0.2) is 24.8 Å². The molecule has 0 radical (unpaired) electrons. The Labute approximate surface area is 107 Å². The molecule has 0 fully saturated rings. The van der Waals surface area contributed by atoms with Crippen LogP contribution in [0.2, 0.25) is 5.02 Å². The molecule has 94 valence electrons. The number of benzene rings is 1. The molecule has 0 saturated carbocycles. The summed E-state index contributed by atoms with van der Waals surface area (Å²) < 4.78 is 1.39. The van der Waals surface area contributed by atoms with E-state index in [1.165, 1.54) is 29.2 Å². The second-order valence-electron chi connectivity index (χ2n) is 3.52. The van der Waals surface area contributed by atoms with Crippen LogP contribution in [0.1, 0.15) is 11.4 Å². The van der Waals surface area contributed by atoms with Gasteiger partial charge in [0.1, 0.15) is 12.9 Å². The normalized spacial score (nSPS) is 10.6. The Morgan fingerprint density at radius 1 is 1.50 bits per heavy atom. The van der Waals surface area contributed by atoms with Crippen molar-refractivity contribution in [1.29, 1.82) is 0 Å². The molecule has 0 amide bonds. The molecule has 2 rings (SSSR count). The van der Waals surface area contributed by atoms with Crippen molar-refractivity contribution in [3.63, 3.8) is 0 Å². The van der Waals surface area contributed by atoms with E-state index in [0.29, 0.717) is 16.4 Å². The quantitative estimate of drug-likeness (QED) is 0.668. The van der Waals surface area contributed by atoms with Crippen molar-refractivity contribution in [3.8, 4) is 0 Å². The van der Waals surface area contributed by atoms with Crippen molar-refractivity contribution in [1.82, 2.24) is 14.8 Å². The number of hydrogen-bond donors (Lipinski definition) is 1. The van der Waals surface area contributed by atoms with Crippen LogP contribution in [-0.2, 0) is 13.2 Å². The van der Waals surface area contributed by atoms with Gasteiger partial charge >= 0.3 is 0 Å². The number of nitrogens with zero attached hydrogens (tertiary/aromatic N) is 4. The van der Waals surface area contributed by atoms with Crippen LogP contribution in [0.5, 0.6) is 0 Å². The van der Waals surface area contributed by atoms with Gasteiger partial charge in [0.2, 0.25) is 0 Å². The number of nitro groups is 1. The van der Waals surface area contributed by atoms with E-state index in [2.05, 4.69) is 10.1 Å². The number of halogens is 1. The molecule has 1 aromatic heterocycles. The second kappa shape index (κ2) is 5.11.